The first-order valence-corrected chi connectivity index (χ1v) is 3.99. The van der Waals surface area contributed by atoms with Gasteiger partial charge < -0.3 is 10.2 Å². The van der Waals surface area contributed by atoms with Crippen molar-refractivity contribution in [2.24, 2.45) is 11.7 Å². The van der Waals surface area contributed by atoms with E-state index in [4.69, 9.17) is 10.2 Å². The summed E-state index contributed by atoms with van der Waals surface area (Å²) in [5.74, 6) is 1.51. The molecule has 62 valence electrons. The molecular formula is C9H15NO. The topological polar surface area (TPSA) is 39.2 Å². The fourth-order valence-corrected chi connectivity index (χ4v) is 1.13. The maximum atomic E-state index is 5.85. The summed E-state index contributed by atoms with van der Waals surface area (Å²) in [6.07, 6.45) is 2.64. The van der Waals surface area contributed by atoms with Crippen LogP contribution in [-0.4, -0.2) is 0 Å². The second-order valence-electron chi connectivity index (χ2n) is 3.25. The Hall–Kier alpha value is -0.760. The molecule has 0 fully saturated rings. The van der Waals surface area contributed by atoms with Gasteiger partial charge in [0.1, 0.15) is 5.76 Å². The first kappa shape index (κ1) is 8.34. The highest BCUT2D eigenvalue weighted by atomic mass is 16.3. The molecule has 0 aromatic carbocycles. The van der Waals surface area contributed by atoms with Gasteiger partial charge in [-0.15, -0.1) is 0 Å². The lowest BCUT2D eigenvalue weighted by molar-refractivity contribution is 0.416. The molecule has 0 radical (unpaired) electrons. The van der Waals surface area contributed by atoms with Crippen LogP contribution in [0.15, 0.2) is 22.8 Å². The van der Waals surface area contributed by atoms with Crippen LogP contribution in [0.5, 0.6) is 0 Å². The van der Waals surface area contributed by atoms with Crippen LogP contribution in [0, 0.1) is 5.92 Å². The quantitative estimate of drug-likeness (QED) is 0.723. The Kier molecular flexibility index (Phi) is 2.71. The van der Waals surface area contributed by atoms with E-state index in [-0.39, 0.29) is 6.04 Å². The second kappa shape index (κ2) is 3.58. The Morgan fingerprint density at radius 2 is 2.27 bits per heavy atom. The predicted octanol–water partition coefficient (Wildman–Crippen LogP) is 2.33. The van der Waals surface area contributed by atoms with E-state index in [1.165, 1.54) is 0 Å². The minimum absolute atomic E-state index is 0.0602. The molecule has 2 heteroatoms. The lowest BCUT2D eigenvalue weighted by atomic mass is 10.0. The average Bonchev–Trinajstić information content (AvgIpc) is 2.35. The van der Waals surface area contributed by atoms with Crippen LogP contribution in [0.1, 0.15) is 32.1 Å². The van der Waals surface area contributed by atoms with E-state index in [9.17, 15) is 0 Å². The van der Waals surface area contributed by atoms with Crippen LogP contribution < -0.4 is 5.73 Å². The molecule has 0 spiro atoms. The molecule has 0 unspecified atom stereocenters. The Bertz CT molecular complexity index is 191. The SMILES string of the molecule is CC(C)C[C@@H](N)c1ccco1. The zero-order valence-corrected chi connectivity index (χ0v) is 7.08. The van der Waals surface area contributed by atoms with Crippen molar-refractivity contribution in [2.75, 3.05) is 0 Å². The summed E-state index contributed by atoms with van der Waals surface area (Å²) in [5.41, 5.74) is 5.85. The van der Waals surface area contributed by atoms with Crippen LogP contribution >= 0.6 is 0 Å². The van der Waals surface area contributed by atoms with Crippen molar-refractivity contribution in [2.45, 2.75) is 26.3 Å². The highest BCUT2D eigenvalue weighted by molar-refractivity contribution is 5.03. The van der Waals surface area contributed by atoms with E-state index in [1.54, 1.807) is 6.26 Å². The van der Waals surface area contributed by atoms with Crippen LogP contribution in [0.2, 0.25) is 0 Å². The summed E-state index contributed by atoms with van der Waals surface area (Å²) in [6.45, 7) is 4.31. The molecule has 0 saturated carbocycles. The normalized spacial score (nSPS) is 13.8. The number of hydrogen-bond donors (Lipinski definition) is 1. The van der Waals surface area contributed by atoms with Gasteiger partial charge in [-0.05, 0) is 24.5 Å². The third-order valence-corrected chi connectivity index (χ3v) is 1.63. The summed E-state index contributed by atoms with van der Waals surface area (Å²) in [6, 6.07) is 3.85. The maximum absolute atomic E-state index is 5.85. The number of rotatable bonds is 3. The molecule has 2 N–H and O–H groups in total. The molecule has 0 saturated heterocycles. The first-order chi connectivity index (χ1) is 5.20. The number of hydrogen-bond acceptors (Lipinski definition) is 2. The Labute approximate surface area is 67.4 Å². The summed E-state index contributed by atoms with van der Waals surface area (Å²) < 4.78 is 5.17. The van der Waals surface area contributed by atoms with Crippen molar-refractivity contribution in [1.82, 2.24) is 0 Å². The third-order valence-electron chi connectivity index (χ3n) is 1.63. The molecule has 0 aliphatic carbocycles. The van der Waals surface area contributed by atoms with Gasteiger partial charge in [0.2, 0.25) is 0 Å². The van der Waals surface area contributed by atoms with E-state index in [0.29, 0.717) is 5.92 Å². The molecule has 1 heterocycles. The monoisotopic (exact) mass is 153 g/mol. The van der Waals surface area contributed by atoms with Gasteiger partial charge in [-0.1, -0.05) is 13.8 Å². The summed E-state index contributed by atoms with van der Waals surface area (Å²) >= 11 is 0. The van der Waals surface area contributed by atoms with E-state index >= 15 is 0 Å². The number of furan rings is 1. The molecule has 0 aliphatic heterocycles. The van der Waals surface area contributed by atoms with Crippen molar-refractivity contribution >= 4 is 0 Å². The third kappa shape index (κ3) is 2.39. The highest BCUT2D eigenvalue weighted by Crippen LogP contribution is 2.18. The van der Waals surface area contributed by atoms with Crippen molar-refractivity contribution in [3.8, 4) is 0 Å². The largest absolute Gasteiger partial charge is 0.468 e. The molecule has 11 heavy (non-hydrogen) atoms. The first-order valence-electron chi connectivity index (χ1n) is 3.99. The maximum Gasteiger partial charge on any atom is 0.120 e. The molecule has 1 rings (SSSR count). The lowest BCUT2D eigenvalue weighted by Crippen LogP contribution is -2.11. The number of nitrogens with two attached hydrogens (primary N) is 1. The van der Waals surface area contributed by atoms with Crippen molar-refractivity contribution < 1.29 is 4.42 Å². The molecule has 0 aliphatic rings. The molecule has 1 aromatic heterocycles. The zero-order chi connectivity index (χ0) is 8.27. The van der Waals surface area contributed by atoms with Gasteiger partial charge in [-0.3, -0.25) is 0 Å². The van der Waals surface area contributed by atoms with E-state index in [2.05, 4.69) is 13.8 Å². The summed E-state index contributed by atoms with van der Waals surface area (Å²) in [7, 11) is 0. The van der Waals surface area contributed by atoms with E-state index < -0.39 is 0 Å². The molecule has 2 nitrogen and oxygen atoms in total. The van der Waals surface area contributed by atoms with Crippen LogP contribution in [0.4, 0.5) is 0 Å². The molecule has 1 aromatic rings. The minimum Gasteiger partial charge on any atom is -0.468 e. The fraction of sp³-hybridized carbons (Fsp3) is 0.556. The van der Waals surface area contributed by atoms with Gasteiger partial charge in [0.25, 0.3) is 0 Å². The average molecular weight is 153 g/mol. The Morgan fingerprint density at radius 1 is 1.55 bits per heavy atom. The Balaban J connectivity index is 2.49. The van der Waals surface area contributed by atoms with Gasteiger partial charge in [-0.2, -0.15) is 0 Å². The predicted molar refractivity (Wildman–Crippen MR) is 45.1 cm³/mol. The van der Waals surface area contributed by atoms with Gasteiger partial charge in [0.15, 0.2) is 0 Å². The van der Waals surface area contributed by atoms with Crippen molar-refractivity contribution in [3.63, 3.8) is 0 Å². The Morgan fingerprint density at radius 3 is 2.73 bits per heavy atom. The second-order valence-corrected chi connectivity index (χ2v) is 3.25. The van der Waals surface area contributed by atoms with E-state index in [0.717, 1.165) is 12.2 Å². The van der Waals surface area contributed by atoms with Crippen molar-refractivity contribution in [3.05, 3.63) is 24.2 Å². The van der Waals surface area contributed by atoms with E-state index in [1.807, 2.05) is 12.1 Å². The van der Waals surface area contributed by atoms with Gasteiger partial charge in [0, 0.05) is 0 Å². The molecule has 0 amide bonds. The fourth-order valence-electron chi connectivity index (χ4n) is 1.13. The standard InChI is InChI=1S/C9H15NO/c1-7(2)6-8(10)9-4-3-5-11-9/h3-5,7-8H,6,10H2,1-2H3/t8-/m1/s1. The van der Waals surface area contributed by atoms with Crippen molar-refractivity contribution in [1.29, 1.82) is 0 Å². The highest BCUT2D eigenvalue weighted by Gasteiger charge is 2.09. The van der Waals surface area contributed by atoms with Gasteiger partial charge >= 0.3 is 0 Å². The lowest BCUT2D eigenvalue weighted by Gasteiger charge is -2.10. The summed E-state index contributed by atoms with van der Waals surface area (Å²) in [4.78, 5) is 0. The van der Waals surface area contributed by atoms with Gasteiger partial charge in [0.05, 0.1) is 12.3 Å². The smallest absolute Gasteiger partial charge is 0.120 e. The molecular weight excluding hydrogens is 138 g/mol. The van der Waals surface area contributed by atoms with Crippen LogP contribution in [0.25, 0.3) is 0 Å². The minimum atomic E-state index is 0.0602. The van der Waals surface area contributed by atoms with Crippen LogP contribution in [0.3, 0.4) is 0 Å². The van der Waals surface area contributed by atoms with Gasteiger partial charge in [-0.25, -0.2) is 0 Å². The van der Waals surface area contributed by atoms with Crippen LogP contribution in [-0.2, 0) is 0 Å². The molecule has 1 atom stereocenters. The zero-order valence-electron chi connectivity index (χ0n) is 7.08. The molecule has 0 bridgehead atoms. The summed E-state index contributed by atoms with van der Waals surface area (Å²) in [5, 5.41) is 0.